The minimum atomic E-state index is -1.11. The van der Waals surface area contributed by atoms with Crippen molar-refractivity contribution in [3.63, 3.8) is 0 Å². The molecule has 0 aromatic heterocycles. The molecule has 0 spiro atoms. The zero-order valence-electron chi connectivity index (χ0n) is 13.7. The fourth-order valence-electron chi connectivity index (χ4n) is 2.10. The summed E-state index contributed by atoms with van der Waals surface area (Å²) in [6.45, 7) is 2.44. The van der Waals surface area contributed by atoms with Crippen LogP contribution in [0.1, 0.15) is 18.1 Å². The molecule has 0 fully saturated rings. The molecular formula is C19H20O5. The van der Waals surface area contributed by atoms with Crippen LogP contribution >= 0.6 is 0 Å². The Morgan fingerprint density at radius 2 is 1.88 bits per heavy atom. The largest absolute Gasteiger partial charge is 0.493 e. The van der Waals surface area contributed by atoms with Crippen molar-refractivity contribution in [3.05, 3.63) is 65.4 Å². The van der Waals surface area contributed by atoms with E-state index in [-0.39, 0.29) is 12.4 Å². The Morgan fingerprint density at radius 1 is 1.12 bits per heavy atom. The molecule has 126 valence electrons. The van der Waals surface area contributed by atoms with Gasteiger partial charge in [0, 0.05) is 0 Å². The molecular weight excluding hydrogens is 308 g/mol. The number of benzene rings is 2. The quantitative estimate of drug-likeness (QED) is 0.591. The van der Waals surface area contributed by atoms with Crippen molar-refractivity contribution in [1.82, 2.24) is 0 Å². The Hall–Kier alpha value is -2.95. The van der Waals surface area contributed by atoms with Crippen LogP contribution in [-0.4, -0.2) is 24.8 Å². The summed E-state index contributed by atoms with van der Waals surface area (Å²) in [7, 11) is 1.54. The van der Waals surface area contributed by atoms with Gasteiger partial charge in [-0.2, -0.15) is 0 Å². The van der Waals surface area contributed by atoms with Crippen LogP contribution in [0.3, 0.4) is 0 Å². The van der Waals surface area contributed by atoms with Crippen molar-refractivity contribution in [2.45, 2.75) is 13.5 Å². The Morgan fingerprint density at radius 3 is 2.50 bits per heavy atom. The fraction of sp³-hybridized carbons (Fsp3) is 0.211. The number of ether oxygens (including phenoxy) is 3. The molecule has 0 unspecified atom stereocenters. The SMILES string of the molecule is CCO/C(=C\c1ccc(OCc2ccccc2)c(OC)c1)C(=O)O. The Labute approximate surface area is 141 Å². The second-order valence-corrected chi connectivity index (χ2v) is 4.93. The first-order valence-electron chi connectivity index (χ1n) is 7.56. The van der Waals surface area contributed by atoms with Crippen molar-refractivity contribution in [1.29, 1.82) is 0 Å². The lowest BCUT2D eigenvalue weighted by Gasteiger charge is -2.12. The second kappa shape index (κ2) is 8.62. The van der Waals surface area contributed by atoms with Gasteiger partial charge in [-0.1, -0.05) is 36.4 Å². The maximum atomic E-state index is 11.1. The van der Waals surface area contributed by atoms with E-state index >= 15 is 0 Å². The topological polar surface area (TPSA) is 65.0 Å². The zero-order valence-corrected chi connectivity index (χ0v) is 13.7. The van der Waals surface area contributed by atoms with Crippen molar-refractivity contribution < 1.29 is 24.1 Å². The van der Waals surface area contributed by atoms with Crippen LogP contribution in [0.25, 0.3) is 6.08 Å². The van der Waals surface area contributed by atoms with E-state index < -0.39 is 5.97 Å². The molecule has 0 bridgehead atoms. The maximum Gasteiger partial charge on any atom is 0.371 e. The van der Waals surface area contributed by atoms with E-state index in [2.05, 4.69) is 0 Å². The molecule has 5 heteroatoms. The highest BCUT2D eigenvalue weighted by atomic mass is 16.5. The third-order valence-electron chi connectivity index (χ3n) is 3.23. The lowest BCUT2D eigenvalue weighted by atomic mass is 10.1. The molecule has 0 aliphatic rings. The lowest BCUT2D eigenvalue weighted by Crippen LogP contribution is -2.04. The van der Waals surface area contributed by atoms with Gasteiger partial charge in [0.25, 0.3) is 0 Å². The van der Waals surface area contributed by atoms with Crippen LogP contribution < -0.4 is 9.47 Å². The third-order valence-corrected chi connectivity index (χ3v) is 3.23. The van der Waals surface area contributed by atoms with Gasteiger partial charge in [-0.15, -0.1) is 0 Å². The Balaban J connectivity index is 2.17. The van der Waals surface area contributed by atoms with Crippen molar-refractivity contribution in [2.75, 3.05) is 13.7 Å². The molecule has 0 saturated carbocycles. The third kappa shape index (κ3) is 4.78. The van der Waals surface area contributed by atoms with Crippen LogP contribution in [0.15, 0.2) is 54.3 Å². The number of methoxy groups -OCH3 is 1. The molecule has 0 radical (unpaired) electrons. The highest BCUT2D eigenvalue weighted by molar-refractivity contribution is 5.90. The van der Waals surface area contributed by atoms with Crippen molar-refractivity contribution >= 4 is 12.0 Å². The second-order valence-electron chi connectivity index (χ2n) is 4.93. The normalized spacial score (nSPS) is 11.0. The van der Waals surface area contributed by atoms with Crippen LogP contribution in [0, 0.1) is 0 Å². The number of rotatable bonds is 8. The van der Waals surface area contributed by atoms with Crippen LogP contribution in [0.4, 0.5) is 0 Å². The smallest absolute Gasteiger partial charge is 0.371 e. The van der Waals surface area contributed by atoms with Gasteiger partial charge in [0.1, 0.15) is 6.61 Å². The molecule has 2 aromatic rings. The molecule has 1 N–H and O–H groups in total. The van der Waals surface area contributed by atoms with Gasteiger partial charge in [-0.3, -0.25) is 0 Å². The van der Waals surface area contributed by atoms with E-state index in [0.29, 0.717) is 23.7 Å². The highest BCUT2D eigenvalue weighted by Crippen LogP contribution is 2.29. The molecule has 0 aliphatic carbocycles. The summed E-state index contributed by atoms with van der Waals surface area (Å²) < 4.78 is 16.2. The van der Waals surface area contributed by atoms with E-state index in [9.17, 15) is 4.79 Å². The summed E-state index contributed by atoms with van der Waals surface area (Å²) in [6.07, 6.45) is 1.45. The summed E-state index contributed by atoms with van der Waals surface area (Å²) in [4.78, 5) is 11.1. The van der Waals surface area contributed by atoms with Crippen LogP contribution in [0.2, 0.25) is 0 Å². The minimum Gasteiger partial charge on any atom is -0.493 e. The number of hydrogen-bond donors (Lipinski definition) is 1. The average Bonchev–Trinajstić information content (AvgIpc) is 2.60. The maximum absolute atomic E-state index is 11.1. The van der Waals surface area contributed by atoms with Crippen molar-refractivity contribution in [3.8, 4) is 11.5 Å². The number of aliphatic carboxylic acids is 1. The summed E-state index contributed by atoms with van der Waals surface area (Å²) >= 11 is 0. The van der Waals surface area contributed by atoms with E-state index in [1.807, 2.05) is 30.3 Å². The molecule has 0 atom stereocenters. The van der Waals surface area contributed by atoms with Gasteiger partial charge in [0.15, 0.2) is 11.5 Å². The first-order chi connectivity index (χ1) is 11.6. The van der Waals surface area contributed by atoms with Gasteiger partial charge in [-0.05, 0) is 36.3 Å². The molecule has 0 heterocycles. The van der Waals surface area contributed by atoms with E-state index in [4.69, 9.17) is 19.3 Å². The summed E-state index contributed by atoms with van der Waals surface area (Å²) in [5.74, 6) is -0.106. The van der Waals surface area contributed by atoms with Gasteiger partial charge in [0.2, 0.25) is 5.76 Å². The molecule has 2 aromatic carbocycles. The van der Waals surface area contributed by atoms with E-state index in [1.54, 1.807) is 32.2 Å². The standard InChI is InChI=1S/C19H20O5/c1-3-23-18(19(20)21)12-15-9-10-16(17(11-15)22-2)24-13-14-7-5-4-6-8-14/h4-12H,3,13H2,1-2H3,(H,20,21)/b18-12-. The van der Waals surface area contributed by atoms with Crippen molar-refractivity contribution in [2.24, 2.45) is 0 Å². The van der Waals surface area contributed by atoms with Gasteiger partial charge in [-0.25, -0.2) is 4.79 Å². The van der Waals surface area contributed by atoms with Crippen LogP contribution in [0.5, 0.6) is 11.5 Å². The van der Waals surface area contributed by atoms with Crippen LogP contribution in [-0.2, 0) is 16.1 Å². The predicted molar refractivity (Wildman–Crippen MR) is 91.0 cm³/mol. The number of carbonyl (C=O) groups is 1. The average molecular weight is 328 g/mol. The number of carboxylic acids is 1. The highest BCUT2D eigenvalue weighted by Gasteiger charge is 2.10. The Kier molecular flexibility index (Phi) is 6.25. The fourth-order valence-corrected chi connectivity index (χ4v) is 2.10. The first kappa shape index (κ1) is 17.4. The molecule has 5 nitrogen and oxygen atoms in total. The Bertz CT molecular complexity index is 707. The molecule has 0 saturated heterocycles. The predicted octanol–water partition coefficient (Wildman–Crippen LogP) is 3.74. The summed E-state index contributed by atoms with van der Waals surface area (Å²) in [5.41, 5.74) is 1.71. The number of hydrogen-bond acceptors (Lipinski definition) is 4. The van der Waals surface area contributed by atoms with Gasteiger partial charge < -0.3 is 19.3 Å². The van der Waals surface area contributed by atoms with Gasteiger partial charge in [0.05, 0.1) is 13.7 Å². The minimum absolute atomic E-state index is 0.113. The zero-order chi connectivity index (χ0) is 17.4. The number of carboxylic acid groups (broad SMARTS) is 1. The molecule has 0 aliphatic heterocycles. The van der Waals surface area contributed by atoms with Gasteiger partial charge >= 0.3 is 5.97 Å². The molecule has 24 heavy (non-hydrogen) atoms. The van der Waals surface area contributed by atoms with E-state index in [0.717, 1.165) is 5.56 Å². The molecule has 2 rings (SSSR count). The monoisotopic (exact) mass is 328 g/mol. The molecule has 0 amide bonds. The van der Waals surface area contributed by atoms with E-state index in [1.165, 1.54) is 6.08 Å². The summed E-state index contributed by atoms with van der Waals surface area (Å²) in [5, 5.41) is 9.11. The lowest BCUT2D eigenvalue weighted by molar-refractivity contribution is -0.136. The first-order valence-corrected chi connectivity index (χ1v) is 7.56. The summed E-state index contributed by atoms with van der Waals surface area (Å²) in [6, 6.07) is 15.0.